The van der Waals surface area contributed by atoms with E-state index in [-0.39, 0.29) is 36.0 Å². The van der Waals surface area contributed by atoms with Crippen molar-refractivity contribution >= 4 is 10.1 Å². The number of hydrogen-bond donors (Lipinski definition) is 1. The molecule has 2 atom stereocenters. The van der Waals surface area contributed by atoms with Crippen molar-refractivity contribution in [2.24, 2.45) is 0 Å². The summed E-state index contributed by atoms with van der Waals surface area (Å²) in [5.74, 6) is 0. The molecule has 0 aliphatic heterocycles. The molecule has 0 aromatic rings. The Morgan fingerprint density at radius 2 is 1.61 bits per heavy atom. The van der Waals surface area contributed by atoms with Crippen LogP contribution in [0.2, 0.25) is 0 Å². The van der Waals surface area contributed by atoms with E-state index in [1.807, 2.05) is 13.8 Å². The van der Waals surface area contributed by atoms with Gasteiger partial charge in [-0.3, -0.25) is 0 Å². The van der Waals surface area contributed by atoms with E-state index in [9.17, 15) is 18.1 Å². The van der Waals surface area contributed by atoms with Crippen molar-refractivity contribution in [3.8, 4) is 0 Å². The number of hydrogen-bond acceptors (Lipinski definition) is 4. The summed E-state index contributed by atoms with van der Waals surface area (Å²) in [5, 5.41) is 8.75. The Hall–Kier alpha value is 0.870. The van der Waals surface area contributed by atoms with Gasteiger partial charge in [0.05, 0.1) is 21.5 Å². The second-order valence-corrected chi connectivity index (χ2v) is 6.29. The largest absolute Gasteiger partial charge is 1.00 e. The van der Waals surface area contributed by atoms with Gasteiger partial charge in [0.15, 0.2) is 0 Å². The number of unbranched alkanes of at least 4 members (excludes halogenated alkanes) is 3. The van der Waals surface area contributed by atoms with E-state index in [1.54, 1.807) is 0 Å². The molecule has 2 unspecified atom stereocenters. The van der Waals surface area contributed by atoms with Crippen LogP contribution in [0, 0.1) is 0 Å². The standard InChI is InChI=1S/C12H26O4S.Na/c1-3-5-7-9-12(17(14,15)16)10-11(13)8-6-4-2;/h11-13H,3-10H2,1-2H3,(H,14,15,16);/q;+1/p-1. The normalized spacial score (nSPS) is 14.9. The predicted molar refractivity (Wildman–Crippen MR) is 67.8 cm³/mol. The maximum absolute atomic E-state index is 11.1. The predicted octanol–water partition coefficient (Wildman–Crippen LogP) is -0.574. The van der Waals surface area contributed by atoms with Gasteiger partial charge in [0.1, 0.15) is 0 Å². The fraction of sp³-hybridized carbons (Fsp3) is 1.00. The molecule has 0 rings (SSSR count). The van der Waals surface area contributed by atoms with Crippen molar-refractivity contribution in [2.75, 3.05) is 0 Å². The third kappa shape index (κ3) is 10.8. The van der Waals surface area contributed by atoms with Crippen LogP contribution in [0.1, 0.15) is 65.2 Å². The molecule has 0 bridgehead atoms. The third-order valence-electron chi connectivity index (χ3n) is 2.96. The van der Waals surface area contributed by atoms with E-state index in [0.717, 1.165) is 32.1 Å². The number of aliphatic hydroxyl groups excluding tert-OH is 1. The molecule has 0 heterocycles. The Kier molecular flexibility index (Phi) is 13.7. The molecular weight excluding hydrogens is 263 g/mol. The average molecular weight is 288 g/mol. The Balaban J connectivity index is 0. The quantitative estimate of drug-likeness (QED) is 0.332. The molecule has 0 fully saturated rings. The fourth-order valence-corrected chi connectivity index (χ4v) is 2.78. The number of rotatable bonds is 10. The van der Waals surface area contributed by atoms with E-state index < -0.39 is 21.5 Å². The summed E-state index contributed by atoms with van der Waals surface area (Å²) in [6, 6.07) is 0. The van der Waals surface area contributed by atoms with E-state index in [2.05, 4.69) is 0 Å². The van der Waals surface area contributed by atoms with Gasteiger partial charge in [0.2, 0.25) is 0 Å². The first-order valence-corrected chi connectivity index (χ1v) is 8.01. The monoisotopic (exact) mass is 288 g/mol. The van der Waals surface area contributed by atoms with Crippen LogP contribution >= 0.6 is 0 Å². The fourth-order valence-electron chi connectivity index (χ4n) is 1.86. The molecule has 0 aliphatic carbocycles. The van der Waals surface area contributed by atoms with Gasteiger partial charge in [-0.15, -0.1) is 0 Å². The molecule has 18 heavy (non-hydrogen) atoms. The minimum atomic E-state index is -4.28. The van der Waals surface area contributed by atoms with Crippen LogP contribution in [-0.2, 0) is 10.1 Å². The smallest absolute Gasteiger partial charge is 0.748 e. The second-order valence-electron chi connectivity index (χ2n) is 4.64. The van der Waals surface area contributed by atoms with E-state index >= 15 is 0 Å². The van der Waals surface area contributed by atoms with Crippen LogP contribution in [0.5, 0.6) is 0 Å². The van der Waals surface area contributed by atoms with Crippen LogP contribution in [0.4, 0.5) is 0 Å². The molecule has 6 heteroatoms. The zero-order valence-electron chi connectivity index (χ0n) is 11.9. The van der Waals surface area contributed by atoms with Gasteiger partial charge < -0.3 is 9.66 Å². The topological polar surface area (TPSA) is 77.4 Å². The van der Waals surface area contributed by atoms with E-state index in [4.69, 9.17) is 0 Å². The minimum absolute atomic E-state index is 0. The van der Waals surface area contributed by atoms with Gasteiger partial charge in [-0.1, -0.05) is 46.0 Å². The molecular formula is C12H25NaO4S. The maximum Gasteiger partial charge on any atom is 1.00 e. The van der Waals surface area contributed by atoms with Crippen LogP contribution < -0.4 is 29.6 Å². The Morgan fingerprint density at radius 1 is 1.06 bits per heavy atom. The first kappa shape index (κ1) is 21.2. The van der Waals surface area contributed by atoms with Crippen molar-refractivity contribution in [1.29, 1.82) is 0 Å². The Morgan fingerprint density at radius 3 is 2.06 bits per heavy atom. The van der Waals surface area contributed by atoms with Gasteiger partial charge in [-0.05, 0) is 19.3 Å². The van der Waals surface area contributed by atoms with E-state index in [0.29, 0.717) is 12.8 Å². The molecule has 0 amide bonds. The minimum Gasteiger partial charge on any atom is -0.748 e. The summed E-state index contributed by atoms with van der Waals surface area (Å²) in [7, 11) is -4.28. The summed E-state index contributed by atoms with van der Waals surface area (Å²) in [5.41, 5.74) is 0. The maximum atomic E-state index is 11.1. The Bertz CT molecular complexity index is 280. The number of aliphatic hydroxyl groups is 1. The zero-order valence-corrected chi connectivity index (χ0v) is 14.7. The van der Waals surface area contributed by atoms with Crippen molar-refractivity contribution in [1.82, 2.24) is 0 Å². The molecule has 0 saturated heterocycles. The molecule has 0 aromatic heterocycles. The summed E-state index contributed by atoms with van der Waals surface area (Å²) in [4.78, 5) is 0. The first-order chi connectivity index (χ1) is 7.91. The molecule has 0 radical (unpaired) electrons. The van der Waals surface area contributed by atoms with Crippen LogP contribution in [0.3, 0.4) is 0 Å². The van der Waals surface area contributed by atoms with Crippen molar-refractivity contribution < 1.29 is 47.6 Å². The molecule has 104 valence electrons. The molecule has 1 N–H and O–H groups in total. The van der Waals surface area contributed by atoms with Gasteiger partial charge >= 0.3 is 29.6 Å². The van der Waals surface area contributed by atoms with Crippen LogP contribution in [-0.4, -0.2) is 29.4 Å². The third-order valence-corrected chi connectivity index (χ3v) is 4.21. The SMILES string of the molecule is CCCCCC(CC(O)CCCC)S(=O)(=O)[O-].[Na+]. The van der Waals surface area contributed by atoms with E-state index in [1.165, 1.54) is 0 Å². The van der Waals surface area contributed by atoms with Crippen molar-refractivity contribution in [3.05, 3.63) is 0 Å². The Labute approximate surface area is 134 Å². The molecule has 0 aromatic carbocycles. The zero-order chi connectivity index (χ0) is 13.3. The summed E-state index contributed by atoms with van der Waals surface area (Å²) in [6.45, 7) is 4.03. The average Bonchev–Trinajstić information content (AvgIpc) is 2.24. The van der Waals surface area contributed by atoms with Gasteiger partial charge in [-0.2, -0.15) is 0 Å². The van der Waals surface area contributed by atoms with Crippen LogP contribution in [0.15, 0.2) is 0 Å². The van der Waals surface area contributed by atoms with Gasteiger partial charge in [-0.25, -0.2) is 8.42 Å². The molecule has 0 aliphatic rings. The second kappa shape index (κ2) is 11.7. The molecule has 0 spiro atoms. The van der Waals surface area contributed by atoms with Crippen LogP contribution in [0.25, 0.3) is 0 Å². The van der Waals surface area contributed by atoms with Gasteiger partial charge in [0, 0.05) is 0 Å². The molecule has 4 nitrogen and oxygen atoms in total. The molecule has 0 saturated carbocycles. The summed E-state index contributed by atoms with van der Waals surface area (Å²) < 4.78 is 33.2. The van der Waals surface area contributed by atoms with Gasteiger partial charge in [0.25, 0.3) is 0 Å². The summed E-state index contributed by atoms with van der Waals surface area (Å²) >= 11 is 0. The first-order valence-electron chi connectivity index (χ1n) is 6.54. The van der Waals surface area contributed by atoms with Crippen molar-refractivity contribution in [3.63, 3.8) is 0 Å². The van der Waals surface area contributed by atoms with Crippen molar-refractivity contribution in [2.45, 2.75) is 76.6 Å². The summed E-state index contributed by atoms with van der Waals surface area (Å²) in [6.07, 6.45) is 4.87.